The van der Waals surface area contributed by atoms with E-state index in [1.54, 1.807) is 19.5 Å². The highest BCUT2D eigenvalue weighted by atomic mass is 16.5. The van der Waals surface area contributed by atoms with Gasteiger partial charge in [-0.15, -0.1) is 0 Å². The van der Waals surface area contributed by atoms with E-state index in [1.165, 1.54) is 0 Å². The van der Waals surface area contributed by atoms with Crippen LogP contribution in [0, 0.1) is 0 Å². The second-order valence-corrected chi connectivity index (χ2v) is 4.58. The van der Waals surface area contributed by atoms with Crippen LogP contribution in [-0.4, -0.2) is 39.7 Å². The second-order valence-electron chi connectivity index (χ2n) is 4.58. The molecular weight excluding hydrogens is 270 g/mol. The summed E-state index contributed by atoms with van der Waals surface area (Å²) in [6.07, 6.45) is 3.28. The van der Waals surface area contributed by atoms with Gasteiger partial charge in [-0.2, -0.15) is 15.0 Å². The Kier molecular flexibility index (Phi) is 4.86. The summed E-state index contributed by atoms with van der Waals surface area (Å²) in [7, 11) is 1.59. The molecule has 0 aliphatic heterocycles. The van der Waals surface area contributed by atoms with E-state index in [4.69, 9.17) is 9.47 Å². The molecule has 0 radical (unpaired) electrons. The van der Waals surface area contributed by atoms with Crippen LogP contribution in [0.1, 0.15) is 20.8 Å². The molecule has 21 heavy (non-hydrogen) atoms. The molecule has 0 aromatic carbocycles. The average Bonchev–Trinajstić information content (AvgIpc) is 2.46. The SMILES string of the molecule is CCNc1nc(OC(C)C)nc(-c2cncc(OC)c2)n1. The molecule has 0 spiro atoms. The van der Waals surface area contributed by atoms with Crippen molar-refractivity contribution in [1.29, 1.82) is 0 Å². The van der Waals surface area contributed by atoms with Crippen LogP contribution >= 0.6 is 0 Å². The van der Waals surface area contributed by atoms with Crippen molar-refractivity contribution in [3.63, 3.8) is 0 Å². The molecule has 0 saturated heterocycles. The highest BCUT2D eigenvalue weighted by Crippen LogP contribution is 2.22. The molecule has 7 nitrogen and oxygen atoms in total. The molecule has 0 amide bonds. The maximum atomic E-state index is 5.57. The van der Waals surface area contributed by atoms with E-state index in [-0.39, 0.29) is 12.1 Å². The molecule has 7 heteroatoms. The van der Waals surface area contributed by atoms with Crippen LogP contribution in [0.25, 0.3) is 11.4 Å². The molecule has 0 aliphatic carbocycles. The minimum Gasteiger partial charge on any atom is -0.495 e. The van der Waals surface area contributed by atoms with Crippen molar-refractivity contribution >= 4 is 5.95 Å². The number of ether oxygens (including phenoxy) is 2. The van der Waals surface area contributed by atoms with E-state index >= 15 is 0 Å². The van der Waals surface area contributed by atoms with Gasteiger partial charge in [0.1, 0.15) is 5.75 Å². The van der Waals surface area contributed by atoms with Crippen LogP contribution in [-0.2, 0) is 0 Å². The standard InChI is InChI=1S/C14H19N5O2/c1-5-16-13-17-12(18-14(19-13)21-9(2)3)10-6-11(20-4)8-15-7-10/h6-9H,5H2,1-4H3,(H,16,17,18,19). The fraction of sp³-hybridized carbons (Fsp3) is 0.429. The number of aromatic nitrogens is 4. The van der Waals surface area contributed by atoms with Gasteiger partial charge in [0, 0.05) is 18.3 Å². The highest BCUT2D eigenvalue weighted by molar-refractivity contribution is 5.57. The summed E-state index contributed by atoms with van der Waals surface area (Å²) in [5.74, 6) is 1.60. The number of nitrogens with one attached hydrogen (secondary N) is 1. The quantitative estimate of drug-likeness (QED) is 0.872. The number of anilines is 1. The van der Waals surface area contributed by atoms with E-state index in [2.05, 4.69) is 25.3 Å². The largest absolute Gasteiger partial charge is 0.495 e. The summed E-state index contributed by atoms with van der Waals surface area (Å²) in [4.78, 5) is 17.0. The maximum absolute atomic E-state index is 5.57. The summed E-state index contributed by atoms with van der Waals surface area (Å²) in [5.41, 5.74) is 0.740. The zero-order valence-corrected chi connectivity index (χ0v) is 12.6. The summed E-state index contributed by atoms with van der Waals surface area (Å²) >= 11 is 0. The Balaban J connectivity index is 2.42. The lowest BCUT2D eigenvalue weighted by molar-refractivity contribution is 0.222. The molecule has 1 N–H and O–H groups in total. The van der Waals surface area contributed by atoms with Crippen molar-refractivity contribution in [3.8, 4) is 23.1 Å². The Hall–Kier alpha value is -2.44. The van der Waals surface area contributed by atoms with Gasteiger partial charge in [-0.25, -0.2) is 0 Å². The summed E-state index contributed by atoms with van der Waals surface area (Å²) < 4.78 is 10.7. The van der Waals surface area contributed by atoms with E-state index in [1.807, 2.05) is 26.8 Å². The summed E-state index contributed by atoms with van der Waals surface area (Å²) in [6.45, 7) is 6.52. The van der Waals surface area contributed by atoms with Crippen LogP contribution in [0.3, 0.4) is 0 Å². The van der Waals surface area contributed by atoms with E-state index in [0.717, 1.165) is 5.56 Å². The van der Waals surface area contributed by atoms with Gasteiger partial charge in [0.05, 0.1) is 19.4 Å². The maximum Gasteiger partial charge on any atom is 0.322 e. The molecular formula is C14H19N5O2. The lowest BCUT2D eigenvalue weighted by atomic mass is 10.2. The molecule has 2 aromatic heterocycles. The van der Waals surface area contributed by atoms with Crippen LogP contribution < -0.4 is 14.8 Å². The van der Waals surface area contributed by atoms with Crippen molar-refractivity contribution < 1.29 is 9.47 Å². The average molecular weight is 289 g/mol. The van der Waals surface area contributed by atoms with Gasteiger partial charge in [-0.1, -0.05) is 0 Å². The highest BCUT2D eigenvalue weighted by Gasteiger charge is 2.11. The molecule has 2 rings (SSSR count). The molecule has 0 fully saturated rings. The molecule has 2 heterocycles. The van der Waals surface area contributed by atoms with Crippen LogP contribution in [0.4, 0.5) is 5.95 Å². The van der Waals surface area contributed by atoms with Crippen LogP contribution in [0.15, 0.2) is 18.5 Å². The number of nitrogens with zero attached hydrogens (tertiary/aromatic N) is 4. The lowest BCUT2D eigenvalue weighted by Gasteiger charge is -2.11. The number of rotatable bonds is 6. The zero-order valence-electron chi connectivity index (χ0n) is 12.6. The monoisotopic (exact) mass is 289 g/mol. The minimum atomic E-state index is -0.0156. The van der Waals surface area contributed by atoms with E-state index in [0.29, 0.717) is 24.1 Å². The van der Waals surface area contributed by atoms with Crippen LogP contribution in [0.2, 0.25) is 0 Å². The smallest absolute Gasteiger partial charge is 0.322 e. The van der Waals surface area contributed by atoms with Crippen molar-refractivity contribution in [2.75, 3.05) is 19.0 Å². The topological polar surface area (TPSA) is 82.1 Å². The van der Waals surface area contributed by atoms with Crippen LogP contribution in [0.5, 0.6) is 11.8 Å². The fourth-order valence-electron chi connectivity index (χ4n) is 1.64. The zero-order chi connectivity index (χ0) is 15.2. The van der Waals surface area contributed by atoms with E-state index < -0.39 is 0 Å². The molecule has 2 aromatic rings. The molecule has 0 aliphatic rings. The second kappa shape index (κ2) is 6.83. The van der Waals surface area contributed by atoms with E-state index in [9.17, 15) is 0 Å². The van der Waals surface area contributed by atoms with Crippen molar-refractivity contribution in [2.45, 2.75) is 26.9 Å². The first kappa shape index (κ1) is 15.0. The Labute approximate surface area is 123 Å². The van der Waals surface area contributed by atoms with Crippen molar-refractivity contribution in [3.05, 3.63) is 18.5 Å². The van der Waals surface area contributed by atoms with Gasteiger partial charge in [-0.05, 0) is 26.8 Å². The fourth-order valence-corrected chi connectivity index (χ4v) is 1.64. The summed E-state index contributed by atoms with van der Waals surface area (Å²) in [5, 5.41) is 3.07. The predicted molar refractivity (Wildman–Crippen MR) is 79.5 cm³/mol. The third kappa shape index (κ3) is 4.01. The first-order chi connectivity index (χ1) is 10.1. The predicted octanol–water partition coefficient (Wildman–Crippen LogP) is 2.16. The molecule has 0 bridgehead atoms. The Bertz CT molecular complexity index is 604. The number of hydrogen-bond donors (Lipinski definition) is 1. The molecule has 0 atom stereocenters. The third-order valence-corrected chi connectivity index (χ3v) is 2.50. The number of hydrogen-bond acceptors (Lipinski definition) is 7. The first-order valence-corrected chi connectivity index (χ1v) is 6.78. The summed E-state index contributed by atoms with van der Waals surface area (Å²) in [6, 6.07) is 2.10. The van der Waals surface area contributed by atoms with Gasteiger partial charge in [0.15, 0.2) is 5.82 Å². The molecule has 112 valence electrons. The van der Waals surface area contributed by atoms with Crippen molar-refractivity contribution in [2.24, 2.45) is 0 Å². The number of methoxy groups -OCH3 is 1. The Morgan fingerprint density at radius 3 is 2.67 bits per heavy atom. The van der Waals surface area contributed by atoms with Gasteiger partial charge < -0.3 is 14.8 Å². The first-order valence-electron chi connectivity index (χ1n) is 6.78. The molecule has 0 unspecified atom stereocenters. The van der Waals surface area contributed by atoms with Gasteiger partial charge in [0.25, 0.3) is 0 Å². The van der Waals surface area contributed by atoms with Gasteiger partial charge in [0.2, 0.25) is 5.95 Å². The third-order valence-electron chi connectivity index (χ3n) is 2.50. The van der Waals surface area contributed by atoms with Gasteiger partial charge in [-0.3, -0.25) is 4.98 Å². The Morgan fingerprint density at radius 2 is 2.00 bits per heavy atom. The minimum absolute atomic E-state index is 0.0156. The Morgan fingerprint density at radius 1 is 1.19 bits per heavy atom. The number of pyridine rings is 1. The van der Waals surface area contributed by atoms with Crippen molar-refractivity contribution in [1.82, 2.24) is 19.9 Å². The molecule has 0 saturated carbocycles. The lowest BCUT2D eigenvalue weighted by Crippen LogP contribution is -2.12. The van der Waals surface area contributed by atoms with Gasteiger partial charge >= 0.3 is 6.01 Å². The normalized spacial score (nSPS) is 10.5.